The summed E-state index contributed by atoms with van der Waals surface area (Å²) in [6.07, 6.45) is -2.87. The van der Waals surface area contributed by atoms with E-state index in [2.05, 4.69) is 20.4 Å². The van der Waals surface area contributed by atoms with Crippen molar-refractivity contribution < 1.29 is 37.0 Å². The predicted molar refractivity (Wildman–Crippen MR) is 191 cm³/mol. The van der Waals surface area contributed by atoms with Crippen LogP contribution in [-0.4, -0.2) is 76.8 Å². The topological polar surface area (TPSA) is 147 Å². The van der Waals surface area contributed by atoms with Crippen LogP contribution in [0.3, 0.4) is 0 Å². The van der Waals surface area contributed by atoms with Crippen molar-refractivity contribution in [2.24, 2.45) is 5.41 Å². The van der Waals surface area contributed by atoms with Crippen LogP contribution in [0.1, 0.15) is 62.5 Å². The summed E-state index contributed by atoms with van der Waals surface area (Å²) < 4.78 is 62.7. The fourth-order valence-electron chi connectivity index (χ4n) is 7.04. The first-order chi connectivity index (χ1) is 25.4. The highest BCUT2D eigenvalue weighted by Gasteiger charge is 2.46. The van der Waals surface area contributed by atoms with E-state index in [1.165, 1.54) is 16.8 Å². The minimum Gasteiger partial charge on any atom is -0.466 e. The van der Waals surface area contributed by atoms with Gasteiger partial charge in [-0.2, -0.15) is 28.2 Å². The number of hydrogen-bond acceptors (Lipinski definition) is 11. The standard InChI is InChI=1S/C38H44F3N7O5/c1-4-51-33(49)13-8-25-6-9-26(10-7-25)27-11-12-30(48-17-14-24(3)46-48)28(20-27)34(38(39,40)41)53-32-21-31(44-36(42)45-32)47-18-15-37(16-19-47)22-29(43-23-37)35(50)52-5-2/h6-7,9-12,14,17,20-21,29,34,43H,4-5,8,13,15-16,18-19,22-23H2,1-3H3,(H2,42,44,45)/t29-,34+/m0/s1. The zero-order valence-electron chi connectivity index (χ0n) is 30.0. The lowest BCUT2D eigenvalue weighted by molar-refractivity contribution is -0.198. The number of alkyl halides is 3. The Hall–Kier alpha value is -5.18. The molecule has 2 aromatic carbocycles. The Morgan fingerprint density at radius 2 is 1.72 bits per heavy atom. The molecule has 0 radical (unpaired) electrons. The number of carbonyl (C=O) groups excluding carboxylic acids is 2. The summed E-state index contributed by atoms with van der Waals surface area (Å²) in [6, 6.07) is 14.8. The molecule has 53 heavy (non-hydrogen) atoms. The molecule has 0 saturated carbocycles. The first kappa shape index (κ1) is 37.6. The first-order valence-corrected chi connectivity index (χ1v) is 17.8. The molecule has 4 heterocycles. The van der Waals surface area contributed by atoms with Gasteiger partial charge in [-0.1, -0.05) is 30.3 Å². The van der Waals surface area contributed by atoms with Gasteiger partial charge >= 0.3 is 18.1 Å². The number of halogens is 3. The van der Waals surface area contributed by atoms with E-state index in [1.54, 1.807) is 57.3 Å². The van der Waals surface area contributed by atoms with Crippen molar-refractivity contribution in [3.05, 3.63) is 77.6 Å². The summed E-state index contributed by atoms with van der Waals surface area (Å²) in [5, 5.41) is 7.68. The van der Waals surface area contributed by atoms with E-state index in [1.807, 2.05) is 17.0 Å². The third kappa shape index (κ3) is 8.90. The zero-order valence-corrected chi connectivity index (χ0v) is 30.0. The first-order valence-electron chi connectivity index (χ1n) is 17.8. The van der Waals surface area contributed by atoms with Crippen LogP contribution in [0.15, 0.2) is 60.8 Å². The number of anilines is 2. The van der Waals surface area contributed by atoms with Gasteiger partial charge in [0, 0.05) is 43.9 Å². The molecule has 15 heteroatoms. The molecule has 0 bridgehead atoms. The minimum atomic E-state index is -4.87. The largest absolute Gasteiger partial charge is 0.466 e. The maximum Gasteiger partial charge on any atom is 0.429 e. The average molecular weight is 736 g/mol. The average Bonchev–Trinajstić information content (AvgIpc) is 3.76. The molecule has 2 saturated heterocycles. The highest BCUT2D eigenvalue weighted by atomic mass is 19.4. The molecule has 0 amide bonds. The van der Waals surface area contributed by atoms with Crippen LogP contribution in [0, 0.1) is 12.3 Å². The summed E-state index contributed by atoms with van der Waals surface area (Å²) in [7, 11) is 0. The van der Waals surface area contributed by atoms with Crippen molar-refractivity contribution in [1.82, 2.24) is 25.1 Å². The Balaban J connectivity index is 1.26. The number of hydrogen-bond donors (Lipinski definition) is 2. The van der Waals surface area contributed by atoms with Gasteiger partial charge in [-0.15, -0.1) is 0 Å². The SMILES string of the molecule is CCOC(=O)CCc1ccc(-c2ccc(-n3ccc(C)n3)c([C@@H](Oc3cc(N4CCC5(CC4)CN[C@H](C(=O)OCC)C5)nc(N)n3)C(F)(F)F)c2)cc1. The lowest BCUT2D eigenvalue weighted by Gasteiger charge is -2.39. The van der Waals surface area contributed by atoms with Gasteiger partial charge in [-0.05, 0) is 86.8 Å². The quantitative estimate of drug-likeness (QED) is 0.168. The van der Waals surface area contributed by atoms with E-state index < -0.39 is 12.3 Å². The number of rotatable bonds is 12. The van der Waals surface area contributed by atoms with Gasteiger partial charge in [-0.3, -0.25) is 9.59 Å². The van der Waals surface area contributed by atoms with E-state index in [9.17, 15) is 9.59 Å². The van der Waals surface area contributed by atoms with Crippen molar-refractivity contribution in [1.29, 1.82) is 0 Å². The molecule has 0 unspecified atom stereocenters. The molecular weight excluding hydrogens is 691 g/mol. The van der Waals surface area contributed by atoms with E-state index in [0.29, 0.717) is 68.3 Å². The van der Waals surface area contributed by atoms with E-state index in [4.69, 9.17) is 19.9 Å². The molecule has 2 aliphatic rings. The maximum absolute atomic E-state index is 15.1. The Morgan fingerprint density at radius 3 is 2.38 bits per heavy atom. The molecule has 0 aliphatic carbocycles. The number of nitrogen functional groups attached to an aromatic ring is 1. The molecule has 6 rings (SSSR count). The molecule has 2 aromatic heterocycles. The summed E-state index contributed by atoms with van der Waals surface area (Å²) in [5.41, 5.74) is 8.71. The smallest absolute Gasteiger partial charge is 0.429 e. The third-order valence-corrected chi connectivity index (χ3v) is 9.81. The number of aromatic nitrogens is 4. The van der Waals surface area contributed by atoms with Crippen LogP contribution in [-0.2, 0) is 25.5 Å². The molecule has 2 atom stereocenters. The van der Waals surface area contributed by atoms with Crippen LogP contribution < -0.4 is 20.7 Å². The van der Waals surface area contributed by atoms with Crippen molar-refractivity contribution >= 4 is 23.7 Å². The predicted octanol–water partition coefficient (Wildman–Crippen LogP) is 5.91. The van der Waals surface area contributed by atoms with Crippen molar-refractivity contribution in [2.45, 2.75) is 71.2 Å². The van der Waals surface area contributed by atoms with Crippen LogP contribution in [0.5, 0.6) is 5.88 Å². The Labute approximate surface area is 305 Å². The Morgan fingerprint density at radius 1 is 1.00 bits per heavy atom. The van der Waals surface area contributed by atoms with Gasteiger partial charge in [0.2, 0.25) is 17.9 Å². The molecular formula is C38H44F3N7O5. The number of ether oxygens (including phenoxy) is 3. The van der Waals surface area contributed by atoms with Gasteiger partial charge in [0.25, 0.3) is 0 Å². The number of piperidine rings is 1. The Bertz CT molecular complexity index is 1910. The van der Waals surface area contributed by atoms with Gasteiger partial charge in [-0.25, -0.2) is 4.68 Å². The Kier molecular flexibility index (Phi) is 11.2. The lowest BCUT2D eigenvalue weighted by atomic mass is 9.76. The fourth-order valence-corrected chi connectivity index (χ4v) is 7.04. The van der Waals surface area contributed by atoms with E-state index in [0.717, 1.165) is 18.4 Å². The fraction of sp³-hybridized carbons (Fsp3) is 0.447. The van der Waals surface area contributed by atoms with Gasteiger partial charge in [0.05, 0.1) is 24.6 Å². The molecule has 1 spiro atoms. The second-order valence-electron chi connectivity index (χ2n) is 13.5. The van der Waals surface area contributed by atoms with Gasteiger partial charge in [0.1, 0.15) is 11.9 Å². The summed E-state index contributed by atoms with van der Waals surface area (Å²) >= 11 is 0. The van der Waals surface area contributed by atoms with Crippen molar-refractivity contribution in [3.8, 4) is 22.7 Å². The van der Waals surface area contributed by atoms with Crippen LogP contribution in [0.25, 0.3) is 16.8 Å². The number of benzene rings is 2. The monoisotopic (exact) mass is 735 g/mol. The lowest BCUT2D eigenvalue weighted by Crippen LogP contribution is -2.41. The number of esters is 2. The molecule has 12 nitrogen and oxygen atoms in total. The van der Waals surface area contributed by atoms with Gasteiger partial charge < -0.3 is 30.2 Å². The summed E-state index contributed by atoms with van der Waals surface area (Å²) in [6.45, 7) is 7.69. The maximum atomic E-state index is 15.1. The summed E-state index contributed by atoms with van der Waals surface area (Å²) in [4.78, 5) is 34.5. The number of nitrogens with zero attached hydrogens (tertiary/aromatic N) is 5. The van der Waals surface area contributed by atoms with Crippen LogP contribution in [0.2, 0.25) is 0 Å². The number of carbonyl (C=O) groups is 2. The third-order valence-electron chi connectivity index (χ3n) is 9.81. The minimum absolute atomic E-state index is 0.0948. The second kappa shape index (κ2) is 15.8. The van der Waals surface area contributed by atoms with E-state index in [-0.39, 0.29) is 52.9 Å². The summed E-state index contributed by atoms with van der Waals surface area (Å²) in [5.74, 6) is -0.732. The molecule has 2 aliphatic heterocycles. The number of aryl methyl sites for hydroxylation is 2. The number of nitrogens with one attached hydrogen (secondary N) is 1. The molecule has 4 aromatic rings. The highest BCUT2D eigenvalue weighted by Crippen LogP contribution is 2.43. The van der Waals surface area contributed by atoms with Crippen molar-refractivity contribution in [3.63, 3.8) is 0 Å². The number of nitrogens with two attached hydrogens (primary N) is 1. The van der Waals surface area contributed by atoms with Gasteiger partial charge in [0.15, 0.2) is 0 Å². The molecule has 282 valence electrons. The second-order valence-corrected chi connectivity index (χ2v) is 13.5. The normalized spacial score (nSPS) is 17.5. The highest BCUT2D eigenvalue weighted by molar-refractivity contribution is 5.76. The van der Waals surface area contributed by atoms with Crippen LogP contribution in [0.4, 0.5) is 24.9 Å². The van der Waals surface area contributed by atoms with Crippen molar-refractivity contribution in [2.75, 3.05) is 43.5 Å². The zero-order chi connectivity index (χ0) is 37.8. The molecule has 2 fully saturated rings. The molecule has 3 N–H and O–H groups in total. The van der Waals surface area contributed by atoms with Crippen LogP contribution >= 0.6 is 0 Å². The van der Waals surface area contributed by atoms with E-state index >= 15 is 13.2 Å².